The van der Waals surface area contributed by atoms with Crippen LogP contribution in [0.15, 0.2) is 53.4 Å². The fraction of sp³-hybridized carbons (Fsp3) is 0.263. The summed E-state index contributed by atoms with van der Waals surface area (Å²) in [6, 6.07) is 11.6. The van der Waals surface area contributed by atoms with Crippen LogP contribution in [0.3, 0.4) is 0 Å². The molecule has 9 heteroatoms. The first-order valence-electron chi connectivity index (χ1n) is 8.41. The van der Waals surface area contributed by atoms with Crippen molar-refractivity contribution in [2.45, 2.75) is 31.4 Å². The molecule has 0 saturated carbocycles. The van der Waals surface area contributed by atoms with Crippen LogP contribution in [0.4, 0.5) is 5.69 Å². The van der Waals surface area contributed by atoms with Crippen molar-refractivity contribution >= 4 is 27.6 Å². The summed E-state index contributed by atoms with van der Waals surface area (Å²) in [4.78, 5) is 23.1. The predicted octanol–water partition coefficient (Wildman–Crippen LogP) is 2.06. The highest BCUT2D eigenvalue weighted by atomic mass is 32.2. The number of ether oxygens (including phenoxy) is 2. The zero-order valence-corrected chi connectivity index (χ0v) is 16.6. The summed E-state index contributed by atoms with van der Waals surface area (Å²) >= 11 is 0. The maximum atomic E-state index is 12.4. The number of nitrogens with one attached hydrogen (secondary N) is 2. The molecule has 28 heavy (non-hydrogen) atoms. The lowest BCUT2D eigenvalue weighted by Crippen LogP contribution is -2.39. The Kier molecular flexibility index (Phi) is 7.13. The van der Waals surface area contributed by atoms with Gasteiger partial charge in [0.1, 0.15) is 18.4 Å². The number of anilines is 1. The van der Waals surface area contributed by atoms with Gasteiger partial charge in [0, 0.05) is 18.2 Å². The van der Waals surface area contributed by atoms with Gasteiger partial charge < -0.3 is 14.8 Å². The summed E-state index contributed by atoms with van der Waals surface area (Å²) in [6.07, 6.45) is 0. The number of sulfonamides is 1. The van der Waals surface area contributed by atoms with Gasteiger partial charge in [0.25, 0.3) is 0 Å². The molecule has 0 saturated heterocycles. The minimum absolute atomic E-state index is 0.0361. The van der Waals surface area contributed by atoms with Crippen molar-refractivity contribution < 1.29 is 27.5 Å². The summed E-state index contributed by atoms with van der Waals surface area (Å²) in [5, 5.41) is 2.55. The van der Waals surface area contributed by atoms with Crippen molar-refractivity contribution in [3.05, 3.63) is 54.1 Å². The number of rotatable bonds is 8. The molecule has 2 rings (SSSR count). The first kappa shape index (κ1) is 21.4. The Labute approximate surface area is 163 Å². The van der Waals surface area contributed by atoms with E-state index < -0.39 is 22.0 Å². The number of hydrogen-bond donors (Lipinski definition) is 2. The van der Waals surface area contributed by atoms with Gasteiger partial charge in [-0.25, -0.2) is 8.42 Å². The number of benzene rings is 2. The summed E-state index contributed by atoms with van der Waals surface area (Å²) in [5.74, 6) is -0.410. The van der Waals surface area contributed by atoms with Gasteiger partial charge in [0.15, 0.2) is 0 Å². The average molecular weight is 406 g/mol. The summed E-state index contributed by atoms with van der Waals surface area (Å²) in [7, 11) is -2.43. The van der Waals surface area contributed by atoms with Crippen LogP contribution in [0, 0.1) is 0 Å². The molecule has 0 aliphatic rings. The molecule has 0 unspecified atom stereocenters. The molecule has 1 amide bonds. The molecule has 2 aromatic carbocycles. The Morgan fingerprint density at radius 1 is 1.07 bits per heavy atom. The van der Waals surface area contributed by atoms with Gasteiger partial charge in [-0.15, -0.1) is 0 Å². The van der Waals surface area contributed by atoms with Crippen molar-refractivity contribution in [1.29, 1.82) is 0 Å². The highest BCUT2D eigenvalue weighted by Gasteiger charge is 2.23. The summed E-state index contributed by atoms with van der Waals surface area (Å²) < 4.78 is 37.5. The number of para-hydroxylation sites is 1. The van der Waals surface area contributed by atoms with Gasteiger partial charge in [-0.2, -0.15) is 4.72 Å². The Balaban J connectivity index is 1.99. The lowest BCUT2D eigenvalue weighted by molar-refractivity contribution is -0.146. The Morgan fingerprint density at radius 2 is 1.71 bits per heavy atom. The molecule has 0 heterocycles. The zero-order chi connectivity index (χ0) is 20.7. The normalized spacial score (nSPS) is 12.1. The fourth-order valence-corrected chi connectivity index (χ4v) is 3.56. The Morgan fingerprint density at radius 3 is 2.32 bits per heavy atom. The van der Waals surface area contributed by atoms with E-state index in [0.29, 0.717) is 17.0 Å². The van der Waals surface area contributed by atoms with Crippen LogP contribution in [0.1, 0.15) is 19.4 Å². The lowest BCUT2D eigenvalue weighted by Gasteiger charge is -2.15. The van der Waals surface area contributed by atoms with Crippen LogP contribution in [0.2, 0.25) is 0 Å². The minimum Gasteiger partial charge on any atom is -0.496 e. The van der Waals surface area contributed by atoms with Crippen LogP contribution >= 0.6 is 0 Å². The number of hydrogen-bond acceptors (Lipinski definition) is 6. The van der Waals surface area contributed by atoms with E-state index in [-0.39, 0.29) is 17.4 Å². The van der Waals surface area contributed by atoms with E-state index in [1.54, 1.807) is 24.3 Å². The summed E-state index contributed by atoms with van der Waals surface area (Å²) in [5.41, 5.74) is 1.14. The van der Waals surface area contributed by atoms with Crippen molar-refractivity contribution in [1.82, 2.24) is 4.72 Å². The molecular weight excluding hydrogens is 384 g/mol. The number of esters is 1. The molecule has 0 spiro atoms. The van der Waals surface area contributed by atoms with Crippen molar-refractivity contribution in [3.8, 4) is 5.75 Å². The van der Waals surface area contributed by atoms with E-state index in [1.165, 1.54) is 45.2 Å². The van der Waals surface area contributed by atoms with Crippen molar-refractivity contribution in [2.24, 2.45) is 0 Å². The predicted molar refractivity (Wildman–Crippen MR) is 103 cm³/mol. The van der Waals surface area contributed by atoms with Gasteiger partial charge in [-0.3, -0.25) is 9.59 Å². The number of amides is 1. The molecule has 0 radical (unpaired) electrons. The lowest BCUT2D eigenvalue weighted by atomic mass is 10.2. The third kappa shape index (κ3) is 5.80. The fourth-order valence-electron chi connectivity index (χ4n) is 2.37. The monoisotopic (exact) mass is 406 g/mol. The van der Waals surface area contributed by atoms with Crippen molar-refractivity contribution in [2.75, 3.05) is 12.4 Å². The Bertz CT molecular complexity index is 941. The van der Waals surface area contributed by atoms with Crippen molar-refractivity contribution in [3.63, 3.8) is 0 Å². The minimum atomic E-state index is -3.93. The topological polar surface area (TPSA) is 111 Å². The maximum Gasteiger partial charge on any atom is 0.324 e. The smallest absolute Gasteiger partial charge is 0.324 e. The maximum absolute atomic E-state index is 12.4. The third-order valence-electron chi connectivity index (χ3n) is 3.73. The largest absolute Gasteiger partial charge is 0.496 e. The number of carbonyl (C=O) groups is 2. The van der Waals surface area contributed by atoms with E-state index in [1.807, 2.05) is 0 Å². The zero-order valence-electron chi connectivity index (χ0n) is 15.8. The molecule has 8 nitrogen and oxygen atoms in total. The van der Waals surface area contributed by atoms with Crippen LogP contribution < -0.4 is 14.8 Å². The highest BCUT2D eigenvalue weighted by Crippen LogP contribution is 2.18. The first-order chi connectivity index (χ1) is 13.2. The highest BCUT2D eigenvalue weighted by molar-refractivity contribution is 7.89. The third-order valence-corrected chi connectivity index (χ3v) is 5.29. The average Bonchev–Trinajstić information content (AvgIpc) is 2.65. The molecule has 0 aliphatic heterocycles. The quantitative estimate of drug-likeness (QED) is 0.649. The van der Waals surface area contributed by atoms with Gasteiger partial charge in [0.2, 0.25) is 15.9 Å². The molecule has 2 aromatic rings. The van der Waals surface area contributed by atoms with E-state index in [4.69, 9.17) is 9.47 Å². The van der Waals surface area contributed by atoms with Gasteiger partial charge in [-0.1, -0.05) is 18.2 Å². The van der Waals surface area contributed by atoms with Crippen LogP contribution in [-0.2, 0) is 31.0 Å². The van der Waals surface area contributed by atoms with E-state index >= 15 is 0 Å². The molecule has 0 bridgehead atoms. The molecular formula is C19H22N2O6S. The van der Waals surface area contributed by atoms with E-state index in [2.05, 4.69) is 10.0 Å². The SMILES string of the molecule is COc1ccccc1COC(=O)[C@H](C)NS(=O)(=O)c1ccc(NC(C)=O)cc1. The van der Waals surface area contributed by atoms with Gasteiger partial charge in [-0.05, 0) is 37.3 Å². The van der Waals surface area contributed by atoms with Crippen LogP contribution in [0.5, 0.6) is 5.75 Å². The molecule has 0 aliphatic carbocycles. The van der Waals surface area contributed by atoms with Crippen LogP contribution in [0.25, 0.3) is 0 Å². The van der Waals surface area contributed by atoms with Gasteiger partial charge in [0.05, 0.1) is 12.0 Å². The second-order valence-corrected chi connectivity index (χ2v) is 7.68. The van der Waals surface area contributed by atoms with E-state index in [0.717, 1.165) is 0 Å². The van der Waals surface area contributed by atoms with Crippen LogP contribution in [-0.4, -0.2) is 33.4 Å². The second-order valence-electron chi connectivity index (χ2n) is 5.97. The second kappa shape index (κ2) is 9.34. The molecule has 150 valence electrons. The number of carbonyl (C=O) groups excluding carboxylic acids is 2. The first-order valence-corrected chi connectivity index (χ1v) is 9.90. The standard InChI is InChI=1S/C19H22N2O6S/c1-13(19(23)27-12-15-6-4-5-7-18(15)26-3)21-28(24,25)17-10-8-16(9-11-17)20-14(2)22/h4-11,13,21H,12H2,1-3H3,(H,20,22)/t13-/m0/s1. The van der Waals surface area contributed by atoms with E-state index in [9.17, 15) is 18.0 Å². The number of methoxy groups -OCH3 is 1. The molecule has 2 N–H and O–H groups in total. The van der Waals surface area contributed by atoms with Gasteiger partial charge >= 0.3 is 5.97 Å². The summed E-state index contributed by atoms with van der Waals surface area (Å²) in [6.45, 7) is 2.71. The molecule has 0 fully saturated rings. The molecule has 0 aromatic heterocycles. The Hall–Kier alpha value is -2.91. The molecule has 1 atom stereocenters.